The second-order valence-electron chi connectivity index (χ2n) is 5.47. The first kappa shape index (κ1) is 15.9. The van der Waals surface area contributed by atoms with Gasteiger partial charge in [-0.15, -0.1) is 0 Å². The molecule has 0 aliphatic heterocycles. The fourth-order valence-corrected chi connectivity index (χ4v) is 1.51. The molecule has 20 heavy (non-hydrogen) atoms. The number of aromatic nitrogens is 1. The van der Waals surface area contributed by atoms with Gasteiger partial charge in [0.25, 0.3) is 5.56 Å². The molecule has 0 aliphatic carbocycles. The Morgan fingerprint density at radius 1 is 1.30 bits per heavy atom. The van der Waals surface area contributed by atoms with E-state index in [1.807, 2.05) is 0 Å². The van der Waals surface area contributed by atoms with Gasteiger partial charge in [0, 0.05) is 19.7 Å². The molecule has 1 N–H and O–H groups in total. The Bertz CT molecular complexity index is 555. The number of amides is 1. The average Bonchev–Trinajstić information content (AvgIpc) is 2.30. The lowest BCUT2D eigenvalue weighted by molar-refractivity contribution is -0.155. The Morgan fingerprint density at radius 2 is 1.95 bits per heavy atom. The quantitative estimate of drug-likeness (QED) is 0.847. The van der Waals surface area contributed by atoms with E-state index < -0.39 is 11.6 Å². The van der Waals surface area contributed by atoms with Crippen LogP contribution in [-0.2, 0) is 21.4 Å². The lowest BCUT2D eigenvalue weighted by atomic mass is 10.2. The van der Waals surface area contributed by atoms with Gasteiger partial charge in [-0.1, -0.05) is 0 Å². The van der Waals surface area contributed by atoms with Crippen molar-refractivity contribution in [2.75, 3.05) is 5.32 Å². The van der Waals surface area contributed by atoms with Crippen LogP contribution in [0.25, 0.3) is 0 Å². The summed E-state index contributed by atoms with van der Waals surface area (Å²) in [5.74, 6) is -0.826. The Kier molecular flexibility index (Phi) is 5.07. The number of ether oxygens (including phenoxy) is 1. The van der Waals surface area contributed by atoms with Crippen molar-refractivity contribution < 1.29 is 14.3 Å². The van der Waals surface area contributed by atoms with E-state index in [0.717, 1.165) is 0 Å². The fraction of sp³-hybridized carbons (Fsp3) is 0.500. The highest BCUT2D eigenvalue weighted by molar-refractivity contribution is 5.92. The van der Waals surface area contributed by atoms with Crippen molar-refractivity contribution in [2.24, 2.45) is 7.05 Å². The van der Waals surface area contributed by atoms with Crippen LogP contribution in [0, 0.1) is 0 Å². The van der Waals surface area contributed by atoms with E-state index in [1.54, 1.807) is 40.1 Å². The van der Waals surface area contributed by atoms with Crippen molar-refractivity contribution in [3.05, 3.63) is 28.7 Å². The Balaban J connectivity index is 2.51. The lowest BCUT2D eigenvalue weighted by Crippen LogP contribution is -2.26. The molecule has 1 amide bonds. The van der Waals surface area contributed by atoms with E-state index in [4.69, 9.17) is 4.74 Å². The number of carbonyl (C=O) groups excluding carboxylic acids is 2. The molecular weight excluding hydrogens is 260 g/mol. The predicted molar refractivity (Wildman–Crippen MR) is 75.4 cm³/mol. The number of rotatable bonds is 4. The molecule has 1 rings (SSSR count). The van der Waals surface area contributed by atoms with Crippen LogP contribution >= 0.6 is 0 Å². The van der Waals surface area contributed by atoms with Crippen LogP contribution < -0.4 is 10.9 Å². The maximum atomic E-state index is 11.7. The summed E-state index contributed by atoms with van der Waals surface area (Å²) in [5.41, 5.74) is -0.662. The van der Waals surface area contributed by atoms with Crippen molar-refractivity contribution in [1.82, 2.24) is 4.57 Å². The first-order valence-electron chi connectivity index (χ1n) is 6.36. The van der Waals surface area contributed by atoms with Gasteiger partial charge in [-0.25, -0.2) is 0 Å². The Hall–Kier alpha value is -2.11. The molecule has 0 atom stereocenters. The second-order valence-corrected chi connectivity index (χ2v) is 5.47. The number of hydrogen-bond donors (Lipinski definition) is 1. The maximum Gasteiger partial charge on any atom is 0.306 e. The van der Waals surface area contributed by atoms with Gasteiger partial charge in [-0.2, -0.15) is 0 Å². The summed E-state index contributed by atoms with van der Waals surface area (Å²) in [7, 11) is 1.60. The first-order chi connectivity index (χ1) is 9.19. The standard InChI is InChI=1S/C14H20N2O4/c1-14(2,3)20-12(18)8-7-11(17)15-10-6-5-9-16(4)13(10)19/h5-6,9H,7-8H2,1-4H3,(H,15,17). The second kappa shape index (κ2) is 6.36. The van der Waals surface area contributed by atoms with Crippen LogP contribution in [0.15, 0.2) is 23.1 Å². The number of hydrogen-bond acceptors (Lipinski definition) is 4. The summed E-state index contributed by atoms with van der Waals surface area (Å²) in [6.07, 6.45) is 1.56. The summed E-state index contributed by atoms with van der Waals surface area (Å²) in [5, 5.41) is 2.49. The van der Waals surface area contributed by atoms with Crippen LogP contribution in [0.2, 0.25) is 0 Å². The zero-order valence-electron chi connectivity index (χ0n) is 12.2. The largest absolute Gasteiger partial charge is 0.460 e. The number of aryl methyl sites for hydroxylation is 1. The number of esters is 1. The van der Waals surface area contributed by atoms with E-state index in [1.165, 1.54) is 10.6 Å². The number of nitrogens with one attached hydrogen (secondary N) is 1. The van der Waals surface area contributed by atoms with Gasteiger partial charge >= 0.3 is 5.97 Å². The van der Waals surface area contributed by atoms with Gasteiger partial charge in [0.05, 0.1) is 6.42 Å². The average molecular weight is 280 g/mol. The molecule has 6 heteroatoms. The van der Waals surface area contributed by atoms with Crippen LogP contribution in [0.5, 0.6) is 0 Å². The third-order valence-electron chi connectivity index (χ3n) is 2.37. The van der Waals surface area contributed by atoms with Crippen molar-refractivity contribution in [2.45, 2.75) is 39.2 Å². The van der Waals surface area contributed by atoms with Crippen molar-refractivity contribution >= 4 is 17.6 Å². The minimum Gasteiger partial charge on any atom is -0.460 e. The number of nitrogens with zero attached hydrogens (tertiary/aromatic N) is 1. The van der Waals surface area contributed by atoms with E-state index in [9.17, 15) is 14.4 Å². The summed E-state index contributed by atoms with van der Waals surface area (Å²) >= 11 is 0. The van der Waals surface area contributed by atoms with Crippen LogP contribution in [-0.4, -0.2) is 22.0 Å². The van der Waals surface area contributed by atoms with Crippen molar-refractivity contribution in [3.8, 4) is 0 Å². The van der Waals surface area contributed by atoms with Crippen LogP contribution in [0.3, 0.4) is 0 Å². The summed E-state index contributed by atoms with van der Waals surface area (Å²) in [6, 6.07) is 3.18. The first-order valence-corrected chi connectivity index (χ1v) is 6.36. The smallest absolute Gasteiger partial charge is 0.306 e. The highest BCUT2D eigenvalue weighted by Crippen LogP contribution is 2.09. The molecule has 1 heterocycles. The van der Waals surface area contributed by atoms with Crippen molar-refractivity contribution in [1.29, 1.82) is 0 Å². The predicted octanol–water partition coefficient (Wildman–Crippen LogP) is 1.45. The zero-order chi connectivity index (χ0) is 15.3. The summed E-state index contributed by atoms with van der Waals surface area (Å²) < 4.78 is 6.46. The minimum absolute atomic E-state index is 0.0176. The van der Waals surface area contributed by atoms with Crippen LogP contribution in [0.1, 0.15) is 33.6 Å². The highest BCUT2D eigenvalue weighted by atomic mass is 16.6. The molecule has 0 aliphatic rings. The van der Waals surface area contributed by atoms with E-state index in [-0.39, 0.29) is 30.0 Å². The summed E-state index contributed by atoms with van der Waals surface area (Å²) in [6.45, 7) is 5.29. The van der Waals surface area contributed by atoms with Crippen LogP contribution in [0.4, 0.5) is 5.69 Å². The molecule has 0 unspecified atom stereocenters. The number of carbonyl (C=O) groups is 2. The van der Waals surface area contributed by atoms with Gasteiger partial charge in [-0.3, -0.25) is 14.4 Å². The van der Waals surface area contributed by atoms with E-state index >= 15 is 0 Å². The van der Waals surface area contributed by atoms with Gasteiger partial charge < -0.3 is 14.6 Å². The number of pyridine rings is 1. The molecule has 0 radical (unpaired) electrons. The Morgan fingerprint density at radius 3 is 2.55 bits per heavy atom. The normalized spacial score (nSPS) is 11.0. The van der Waals surface area contributed by atoms with E-state index in [2.05, 4.69) is 5.32 Å². The molecule has 1 aromatic rings. The molecule has 0 bridgehead atoms. The van der Waals surface area contributed by atoms with Gasteiger partial charge in [0.1, 0.15) is 11.3 Å². The third kappa shape index (κ3) is 5.26. The topological polar surface area (TPSA) is 77.4 Å². The maximum absolute atomic E-state index is 11.7. The summed E-state index contributed by atoms with van der Waals surface area (Å²) in [4.78, 5) is 34.8. The molecule has 0 spiro atoms. The highest BCUT2D eigenvalue weighted by Gasteiger charge is 2.17. The zero-order valence-corrected chi connectivity index (χ0v) is 12.2. The molecule has 110 valence electrons. The van der Waals surface area contributed by atoms with Gasteiger partial charge in [0.2, 0.25) is 5.91 Å². The number of anilines is 1. The molecule has 0 fully saturated rings. The lowest BCUT2D eigenvalue weighted by Gasteiger charge is -2.19. The SMILES string of the molecule is Cn1cccc(NC(=O)CCC(=O)OC(C)(C)C)c1=O. The Labute approximate surface area is 117 Å². The van der Waals surface area contributed by atoms with Gasteiger partial charge in [0.15, 0.2) is 0 Å². The minimum atomic E-state index is -0.567. The van der Waals surface area contributed by atoms with Crippen molar-refractivity contribution in [3.63, 3.8) is 0 Å². The molecule has 1 aromatic heterocycles. The third-order valence-corrected chi connectivity index (χ3v) is 2.37. The van der Waals surface area contributed by atoms with Gasteiger partial charge in [-0.05, 0) is 32.9 Å². The monoisotopic (exact) mass is 280 g/mol. The molecule has 0 saturated heterocycles. The molecule has 0 saturated carbocycles. The molecule has 0 aromatic carbocycles. The van der Waals surface area contributed by atoms with E-state index in [0.29, 0.717) is 0 Å². The fourth-order valence-electron chi connectivity index (χ4n) is 1.51. The molecular formula is C14H20N2O4. The molecule has 6 nitrogen and oxygen atoms in total.